The summed E-state index contributed by atoms with van der Waals surface area (Å²) in [6.45, 7) is 4.56. The quantitative estimate of drug-likeness (QED) is 0.784. The first-order chi connectivity index (χ1) is 7.54. The molecule has 4 heteroatoms. The molecule has 0 bridgehead atoms. The minimum atomic E-state index is -0.0524. The van der Waals surface area contributed by atoms with Gasteiger partial charge in [-0.2, -0.15) is 0 Å². The Morgan fingerprint density at radius 2 is 2.19 bits per heavy atom. The van der Waals surface area contributed by atoms with Crippen LogP contribution in [0.25, 0.3) is 0 Å². The van der Waals surface area contributed by atoms with Crippen LogP contribution in [-0.2, 0) is 4.79 Å². The lowest BCUT2D eigenvalue weighted by Crippen LogP contribution is -2.31. The van der Waals surface area contributed by atoms with E-state index in [0.717, 1.165) is 5.56 Å². The Labute approximate surface area is 96.0 Å². The molecule has 0 aromatic heterocycles. The fourth-order valence-corrected chi connectivity index (χ4v) is 1.19. The lowest BCUT2D eigenvalue weighted by Gasteiger charge is -2.15. The summed E-state index contributed by atoms with van der Waals surface area (Å²) in [5.41, 5.74) is 7.34. The van der Waals surface area contributed by atoms with E-state index in [1.54, 1.807) is 18.0 Å². The van der Waals surface area contributed by atoms with E-state index < -0.39 is 0 Å². The van der Waals surface area contributed by atoms with Gasteiger partial charge in [-0.15, -0.1) is 0 Å². The summed E-state index contributed by atoms with van der Waals surface area (Å²) in [4.78, 5) is 13.1. The van der Waals surface area contributed by atoms with E-state index in [4.69, 9.17) is 10.5 Å². The lowest BCUT2D eigenvalue weighted by atomic mass is 10.2. The molecule has 0 fully saturated rings. The van der Waals surface area contributed by atoms with Gasteiger partial charge in [0.25, 0.3) is 5.91 Å². The second-order valence-electron chi connectivity index (χ2n) is 3.74. The summed E-state index contributed by atoms with van der Waals surface area (Å²) in [6.07, 6.45) is 0. The molecule has 1 aromatic carbocycles. The zero-order valence-electron chi connectivity index (χ0n) is 9.99. The molecule has 0 aliphatic heterocycles. The van der Waals surface area contributed by atoms with Crippen LogP contribution < -0.4 is 10.5 Å². The van der Waals surface area contributed by atoms with Crippen LogP contribution in [-0.4, -0.2) is 31.0 Å². The maximum absolute atomic E-state index is 11.5. The van der Waals surface area contributed by atoms with Gasteiger partial charge in [-0.25, -0.2) is 0 Å². The summed E-state index contributed by atoms with van der Waals surface area (Å²) in [5.74, 6) is 0.515. The number of nitrogens with zero attached hydrogens (tertiary/aromatic N) is 1. The summed E-state index contributed by atoms with van der Waals surface area (Å²) in [6, 6.07) is 5.51. The molecule has 1 aromatic rings. The number of amides is 1. The number of nitrogen functional groups attached to an aromatic ring is 1. The number of ether oxygens (including phenoxy) is 1. The van der Waals surface area contributed by atoms with Crippen molar-refractivity contribution in [1.29, 1.82) is 0 Å². The van der Waals surface area contributed by atoms with Crippen molar-refractivity contribution >= 4 is 11.6 Å². The number of carbonyl (C=O) groups excluding carboxylic acids is 1. The minimum absolute atomic E-state index is 0.0258. The maximum atomic E-state index is 11.5. The van der Waals surface area contributed by atoms with Crippen LogP contribution in [0.15, 0.2) is 18.2 Å². The average Bonchev–Trinajstić information content (AvgIpc) is 2.28. The van der Waals surface area contributed by atoms with Crippen molar-refractivity contribution < 1.29 is 9.53 Å². The maximum Gasteiger partial charge on any atom is 0.260 e. The van der Waals surface area contributed by atoms with E-state index in [0.29, 0.717) is 18.0 Å². The molecule has 4 nitrogen and oxygen atoms in total. The van der Waals surface area contributed by atoms with Crippen molar-refractivity contribution in [2.24, 2.45) is 0 Å². The molecule has 16 heavy (non-hydrogen) atoms. The molecule has 0 saturated heterocycles. The number of hydrogen-bond acceptors (Lipinski definition) is 3. The van der Waals surface area contributed by atoms with Crippen LogP contribution >= 0.6 is 0 Å². The highest BCUT2D eigenvalue weighted by Crippen LogP contribution is 2.22. The highest BCUT2D eigenvalue weighted by Gasteiger charge is 2.08. The van der Waals surface area contributed by atoms with E-state index in [2.05, 4.69) is 0 Å². The van der Waals surface area contributed by atoms with Gasteiger partial charge < -0.3 is 15.4 Å². The first kappa shape index (κ1) is 12.4. The van der Waals surface area contributed by atoms with Gasteiger partial charge in [0.2, 0.25) is 0 Å². The van der Waals surface area contributed by atoms with Gasteiger partial charge in [0, 0.05) is 13.6 Å². The van der Waals surface area contributed by atoms with Crippen molar-refractivity contribution in [3.63, 3.8) is 0 Å². The van der Waals surface area contributed by atoms with Gasteiger partial charge in [0.1, 0.15) is 5.75 Å². The summed E-state index contributed by atoms with van der Waals surface area (Å²) in [7, 11) is 1.74. The molecule has 0 unspecified atom stereocenters. The standard InChI is InChI=1S/C12H18N2O2/c1-4-14(3)12(15)8-16-11-7-9(2)5-6-10(11)13/h5-7H,4,8,13H2,1-3H3. The Hall–Kier alpha value is -1.71. The zero-order chi connectivity index (χ0) is 12.1. The Balaban J connectivity index is 2.61. The van der Waals surface area contributed by atoms with Crippen LogP contribution in [0.4, 0.5) is 5.69 Å². The molecule has 0 radical (unpaired) electrons. The molecule has 1 amide bonds. The number of hydrogen-bond donors (Lipinski definition) is 1. The molecule has 1 rings (SSSR count). The molecule has 0 aliphatic carbocycles. The van der Waals surface area contributed by atoms with Gasteiger partial charge >= 0.3 is 0 Å². The van der Waals surface area contributed by atoms with Crippen molar-refractivity contribution in [2.45, 2.75) is 13.8 Å². The SMILES string of the molecule is CCN(C)C(=O)COc1cc(C)ccc1N. The second kappa shape index (κ2) is 5.39. The van der Waals surface area contributed by atoms with Crippen LogP contribution in [0.5, 0.6) is 5.75 Å². The highest BCUT2D eigenvalue weighted by molar-refractivity contribution is 5.77. The molecule has 88 valence electrons. The van der Waals surface area contributed by atoms with Crippen molar-refractivity contribution in [1.82, 2.24) is 4.90 Å². The number of benzene rings is 1. The molecule has 0 aliphatic rings. The van der Waals surface area contributed by atoms with Gasteiger partial charge in [-0.1, -0.05) is 6.07 Å². The molecule has 0 saturated carbocycles. The number of rotatable bonds is 4. The summed E-state index contributed by atoms with van der Waals surface area (Å²) in [5, 5.41) is 0. The predicted octanol–water partition coefficient (Wildman–Crippen LogP) is 1.43. The third kappa shape index (κ3) is 3.15. The largest absolute Gasteiger partial charge is 0.482 e. The monoisotopic (exact) mass is 222 g/mol. The predicted molar refractivity (Wildman–Crippen MR) is 64.4 cm³/mol. The molecular formula is C12H18N2O2. The molecule has 0 heterocycles. The van der Waals surface area contributed by atoms with Gasteiger partial charge in [-0.05, 0) is 31.5 Å². The van der Waals surface area contributed by atoms with E-state index in [1.165, 1.54) is 0 Å². The second-order valence-corrected chi connectivity index (χ2v) is 3.74. The number of likely N-dealkylation sites (N-methyl/N-ethyl adjacent to an activating group) is 1. The molecule has 2 N–H and O–H groups in total. The fourth-order valence-electron chi connectivity index (χ4n) is 1.19. The molecule has 0 spiro atoms. The van der Waals surface area contributed by atoms with Crippen LogP contribution in [0, 0.1) is 6.92 Å². The minimum Gasteiger partial charge on any atom is -0.482 e. The Kier molecular flexibility index (Phi) is 4.17. The van der Waals surface area contributed by atoms with Crippen molar-refractivity contribution in [3.05, 3.63) is 23.8 Å². The summed E-state index contributed by atoms with van der Waals surface area (Å²) >= 11 is 0. The number of carbonyl (C=O) groups is 1. The Bertz CT molecular complexity index is 377. The average molecular weight is 222 g/mol. The normalized spacial score (nSPS) is 9.94. The van der Waals surface area contributed by atoms with Crippen LogP contribution in [0.1, 0.15) is 12.5 Å². The van der Waals surface area contributed by atoms with Gasteiger partial charge in [0.15, 0.2) is 6.61 Å². The van der Waals surface area contributed by atoms with Crippen molar-refractivity contribution in [3.8, 4) is 5.75 Å². The highest BCUT2D eigenvalue weighted by atomic mass is 16.5. The van der Waals surface area contributed by atoms with Gasteiger partial charge in [-0.3, -0.25) is 4.79 Å². The first-order valence-electron chi connectivity index (χ1n) is 5.27. The number of anilines is 1. The van der Waals surface area contributed by atoms with E-state index >= 15 is 0 Å². The van der Waals surface area contributed by atoms with E-state index in [9.17, 15) is 4.79 Å². The fraction of sp³-hybridized carbons (Fsp3) is 0.417. The topological polar surface area (TPSA) is 55.6 Å². The van der Waals surface area contributed by atoms with Crippen molar-refractivity contribution in [2.75, 3.05) is 25.9 Å². The van der Waals surface area contributed by atoms with E-state index in [1.807, 2.05) is 26.0 Å². The Morgan fingerprint density at radius 1 is 1.50 bits per heavy atom. The Morgan fingerprint density at radius 3 is 2.81 bits per heavy atom. The first-order valence-corrected chi connectivity index (χ1v) is 5.27. The molecular weight excluding hydrogens is 204 g/mol. The number of aryl methyl sites for hydroxylation is 1. The lowest BCUT2D eigenvalue weighted by molar-refractivity contribution is -0.131. The third-order valence-electron chi connectivity index (χ3n) is 2.42. The van der Waals surface area contributed by atoms with Crippen LogP contribution in [0.3, 0.4) is 0 Å². The molecule has 0 atom stereocenters. The zero-order valence-corrected chi connectivity index (χ0v) is 9.99. The number of nitrogens with two attached hydrogens (primary N) is 1. The van der Waals surface area contributed by atoms with E-state index in [-0.39, 0.29) is 12.5 Å². The van der Waals surface area contributed by atoms with Crippen LogP contribution in [0.2, 0.25) is 0 Å². The summed E-state index contributed by atoms with van der Waals surface area (Å²) < 4.78 is 5.39. The third-order valence-corrected chi connectivity index (χ3v) is 2.42. The smallest absolute Gasteiger partial charge is 0.260 e. The van der Waals surface area contributed by atoms with Gasteiger partial charge in [0.05, 0.1) is 5.69 Å².